The Bertz CT molecular complexity index is 490. The maximum atomic E-state index is 12.5. The zero-order chi connectivity index (χ0) is 14.2. The van der Waals surface area contributed by atoms with Gasteiger partial charge in [0.15, 0.2) is 0 Å². The molecular formula is C16H21NO2S. The third-order valence-electron chi connectivity index (χ3n) is 4.67. The largest absolute Gasteiger partial charge is 0.385 e. The molecule has 1 amide bonds. The second-order valence-electron chi connectivity index (χ2n) is 5.89. The molecule has 1 N–H and O–H groups in total. The summed E-state index contributed by atoms with van der Waals surface area (Å²) in [7, 11) is 0. The van der Waals surface area contributed by atoms with Crippen LogP contribution in [0.5, 0.6) is 0 Å². The maximum absolute atomic E-state index is 12.5. The van der Waals surface area contributed by atoms with Gasteiger partial charge in [0.05, 0.1) is 10.3 Å². The van der Waals surface area contributed by atoms with Crippen LogP contribution in [0.1, 0.15) is 31.2 Å². The first-order valence-electron chi connectivity index (χ1n) is 7.22. The Balaban J connectivity index is 1.66. The molecule has 0 radical (unpaired) electrons. The minimum absolute atomic E-state index is 0.137. The molecule has 1 heterocycles. The average molecular weight is 291 g/mol. The molecule has 20 heavy (non-hydrogen) atoms. The zero-order valence-electron chi connectivity index (χ0n) is 11.8. The number of carbonyl (C=O) groups is 1. The summed E-state index contributed by atoms with van der Waals surface area (Å²) in [5, 5.41) is 10.8. The van der Waals surface area contributed by atoms with Crippen molar-refractivity contribution < 1.29 is 9.90 Å². The number of thioether (sulfide) groups is 1. The van der Waals surface area contributed by atoms with Crippen LogP contribution in [0.15, 0.2) is 30.3 Å². The summed E-state index contributed by atoms with van der Waals surface area (Å²) in [6, 6.07) is 9.82. The number of likely N-dealkylation sites (tertiary alicyclic amines) is 1. The lowest BCUT2D eigenvalue weighted by Crippen LogP contribution is -2.48. The van der Waals surface area contributed by atoms with Gasteiger partial charge in [-0.05, 0) is 37.5 Å². The van der Waals surface area contributed by atoms with Crippen molar-refractivity contribution in [1.82, 2.24) is 4.90 Å². The monoisotopic (exact) mass is 291 g/mol. The fourth-order valence-electron chi connectivity index (χ4n) is 3.02. The molecule has 2 fully saturated rings. The number of benzene rings is 1. The Kier molecular flexibility index (Phi) is 3.55. The van der Waals surface area contributed by atoms with Crippen LogP contribution < -0.4 is 0 Å². The van der Waals surface area contributed by atoms with E-state index >= 15 is 0 Å². The summed E-state index contributed by atoms with van der Waals surface area (Å²) >= 11 is 1.68. The number of nitrogens with zero attached hydrogens (tertiary/aromatic N) is 1. The van der Waals surface area contributed by atoms with Crippen molar-refractivity contribution in [2.24, 2.45) is 0 Å². The Morgan fingerprint density at radius 2 is 1.75 bits per heavy atom. The quantitative estimate of drug-likeness (QED) is 0.929. The van der Waals surface area contributed by atoms with Crippen LogP contribution in [0.4, 0.5) is 0 Å². The van der Waals surface area contributed by atoms with E-state index in [0.717, 1.165) is 18.4 Å². The number of hydrogen-bond donors (Lipinski definition) is 1. The molecule has 1 aromatic carbocycles. The molecule has 1 aromatic rings. The van der Waals surface area contributed by atoms with E-state index in [9.17, 15) is 9.90 Å². The van der Waals surface area contributed by atoms with Crippen molar-refractivity contribution in [3.8, 4) is 0 Å². The Hall–Kier alpha value is -1.00. The van der Waals surface area contributed by atoms with Crippen molar-refractivity contribution in [3.05, 3.63) is 35.9 Å². The molecule has 4 heteroatoms. The Labute approximate surface area is 124 Å². The predicted octanol–water partition coefficient (Wildman–Crippen LogP) is 2.39. The van der Waals surface area contributed by atoms with E-state index in [4.69, 9.17) is 0 Å². The molecule has 0 spiro atoms. The first kappa shape index (κ1) is 14.0. The highest BCUT2D eigenvalue weighted by atomic mass is 32.2. The summed E-state index contributed by atoms with van der Waals surface area (Å²) in [5.74, 6) is 0.278. The molecule has 1 saturated heterocycles. The predicted molar refractivity (Wildman–Crippen MR) is 81.6 cm³/mol. The average Bonchev–Trinajstić information content (AvgIpc) is 3.29. The number of rotatable bonds is 3. The third-order valence-corrected chi connectivity index (χ3v) is 6.04. The third kappa shape index (κ3) is 2.35. The van der Waals surface area contributed by atoms with Crippen LogP contribution in [0, 0.1) is 0 Å². The minimum Gasteiger partial charge on any atom is -0.385 e. The van der Waals surface area contributed by atoms with Gasteiger partial charge in [0.1, 0.15) is 0 Å². The molecule has 108 valence electrons. The molecule has 0 bridgehead atoms. The Morgan fingerprint density at radius 1 is 1.15 bits per heavy atom. The van der Waals surface area contributed by atoms with E-state index in [1.807, 2.05) is 41.5 Å². The zero-order valence-corrected chi connectivity index (χ0v) is 12.7. The topological polar surface area (TPSA) is 40.5 Å². The van der Waals surface area contributed by atoms with E-state index in [1.54, 1.807) is 11.8 Å². The minimum atomic E-state index is -0.770. The molecule has 1 aliphatic carbocycles. The lowest BCUT2D eigenvalue weighted by atomic mass is 9.84. The van der Waals surface area contributed by atoms with Crippen molar-refractivity contribution >= 4 is 17.7 Å². The standard InChI is InChI=1S/C16H21NO2S/c1-20-16(7-8-16)14(18)17-11-9-15(19,10-12-17)13-5-3-2-4-6-13/h2-6,19H,7-12H2,1H3. The molecule has 0 unspecified atom stereocenters. The second-order valence-corrected chi connectivity index (χ2v) is 7.08. The van der Waals surface area contributed by atoms with Crippen LogP contribution in [-0.4, -0.2) is 40.0 Å². The second kappa shape index (κ2) is 5.08. The van der Waals surface area contributed by atoms with E-state index in [1.165, 1.54) is 0 Å². The lowest BCUT2D eigenvalue weighted by Gasteiger charge is -2.39. The van der Waals surface area contributed by atoms with Gasteiger partial charge in [-0.2, -0.15) is 0 Å². The molecule has 2 aliphatic rings. The van der Waals surface area contributed by atoms with E-state index in [0.29, 0.717) is 25.9 Å². The van der Waals surface area contributed by atoms with Crippen LogP contribution >= 0.6 is 11.8 Å². The first-order chi connectivity index (χ1) is 9.60. The van der Waals surface area contributed by atoms with Crippen LogP contribution in [-0.2, 0) is 10.4 Å². The number of hydrogen-bond acceptors (Lipinski definition) is 3. The highest BCUT2D eigenvalue weighted by Gasteiger charge is 2.52. The molecule has 1 aliphatic heterocycles. The highest BCUT2D eigenvalue weighted by molar-refractivity contribution is 8.01. The van der Waals surface area contributed by atoms with Gasteiger partial charge in [-0.25, -0.2) is 0 Å². The summed E-state index contributed by atoms with van der Waals surface area (Å²) < 4.78 is -0.137. The van der Waals surface area contributed by atoms with Gasteiger partial charge in [0, 0.05) is 13.1 Å². The van der Waals surface area contributed by atoms with Gasteiger partial charge in [-0.3, -0.25) is 4.79 Å². The van der Waals surface area contributed by atoms with Crippen LogP contribution in [0.2, 0.25) is 0 Å². The highest BCUT2D eigenvalue weighted by Crippen LogP contribution is 2.49. The van der Waals surface area contributed by atoms with Gasteiger partial charge < -0.3 is 10.0 Å². The lowest BCUT2D eigenvalue weighted by molar-refractivity contribution is -0.135. The van der Waals surface area contributed by atoms with Gasteiger partial charge >= 0.3 is 0 Å². The van der Waals surface area contributed by atoms with E-state index in [2.05, 4.69) is 0 Å². The van der Waals surface area contributed by atoms with Gasteiger partial charge in [0.25, 0.3) is 0 Å². The molecule has 3 nitrogen and oxygen atoms in total. The molecule has 3 rings (SSSR count). The SMILES string of the molecule is CSC1(C(=O)N2CCC(O)(c3ccccc3)CC2)CC1. The summed E-state index contributed by atoms with van der Waals surface area (Å²) in [4.78, 5) is 14.4. The number of aliphatic hydroxyl groups is 1. The summed E-state index contributed by atoms with van der Waals surface area (Å²) in [6.07, 6.45) is 5.30. The normalized spacial score (nSPS) is 23.4. The molecule has 1 saturated carbocycles. The fourth-order valence-corrected chi connectivity index (χ4v) is 3.84. The van der Waals surface area contributed by atoms with Gasteiger partial charge in [-0.1, -0.05) is 30.3 Å². The summed E-state index contributed by atoms with van der Waals surface area (Å²) in [6.45, 7) is 1.32. The van der Waals surface area contributed by atoms with E-state index in [-0.39, 0.29) is 10.7 Å². The number of piperidine rings is 1. The van der Waals surface area contributed by atoms with E-state index < -0.39 is 5.60 Å². The maximum Gasteiger partial charge on any atom is 0.238 e. The van der Waals surface area contributed by atoms with Gasteiger partial charge in [0.2, 0.25) is 5.91 Å². The van der Waals surface area contributed by atoms with Crippen molar-refractivity contribution in [2.45, 2.75) is 36.0 Å². The number of amides is 1. The van der Waals surface area contributed by atoms with Gasteiger partial charge in [-0.15, -0.1) is 11.8 Å². The molecular weight excluding hydrogens is 270 g/mol. The summed E-state index contributed by atoms with van der Waals surface area (Å²) in [5.41, 5.74) is 0.201. The Morgan fingerprint density at radius 3 is 2.25 bits per heavy atom. The van der Waals surface area contributed by atoms with Crippen molar-refractivity contribution in [2.75, 3.05) is 19.3 Å². The first-order valence-corrected chi connectivity index (χ1v) is 8.45. The molecule has 0 atom stereocenters. The fraction of sp³-hybridized carbons (Fsp3) is 0.562. The molecule has 0 aromatic heterocycles. The number of carbonyl (C=O) groups excluding carboxylic acids is 1. The van der Waals surface area contributed by atoms with Crippen LogP contribution in [0.25, 0.3) is 0 Å². The van der Waals surface area contributed by atoms with Crippen molar-refractivity contribution in [3.63, 3.8) is 0 Å². The van der Waals surface area contributed by atoms with Crippen molar-refractivity contribution in [1.29, 1.82) is 0 Å². The smallest absolute Gasteiger partial charge is 0.238 e. The van der Waals surface area contributed by atoms with Crippen LogP contribution in [0.3, 0.4) is 0 Å².